The number of para-hydroxylation sites is 2. The molecule has 6 aromatic rings. The van der Waals surface area contributed by atoms with Crippen LogP contribution in [0.25, 0.3) is 22.1 Å². The van der Waals surface area contributed by atoms with E-state index in [2.05, 4.69) is 40.8 Å². The van der Waals surface area contributed by atoms with Crippen molar-refractivity contribution in [1.82, 2.24) is 40.0 Å². The third-order valence-corrected chi connectivity index (χ3v) is 5.25. The fraction of sp³-hybridized carbons (Fsp3) is 0. The third-order valence-electron chi connectivity index (χ3n) is 5.25. The van der Waals surface area contributed by atoms with Crippen molar-refractivity contribution in [3.63, 3.8) is 0 Å². The average molecular weight is 474 g/mol. The van der Waals surface area contributed by atoms with E-state index in [0.29, 0.717) is 22.1 Å². The summed E-state index contributed by atoms with van der Waals surface area (Å²) in [5.74, 6) is -0.532. The maximum absolute atomic E-state index is 12.9. The van der Waals surface area contributed by atoms with Crippen LogP contribution in [0.3, 0.4) is 0 Å². The number of rotatable bonds is 4. The molecular formula is C24H14N10O2. The molecule has 0 fully saturated rings. The second-order valence-electron chi connectivity index (χ2n) is 7.55. The van der Waals surface area contributed by atoms with Crippen molar-refractivity contribution in [3.05, 3.63) is 96.3 Å². The zero-order valence-electron chi connectivity index (χ0n) is 18.4. The van der Waals surface area contributed by atoms with Crippen molar-refractivity contribution in [2.45, 2.75) is 0 Å². The van der Waals surface area contributed by atoms with Crippen LogP contribution in [-0.4, -0.2) is 51.8 Å². The number of benzene rings is 2. The Morgan fingerprint density at radius 3 is 1.47 bits per heavy atom. The molecule has 0 saturated heterocycles. The van der Waals surface area contributed by atoms with Crippen LogP contribution in [0, 0.1) is 0 Å². The van der Waals surface area contributed by atoms with Gasteiger partial charge in [-0.2, -0.15) is 9.36 Å². The van der Waals surface area contributed by atoms with Crippen LogP contribution >= 0.6 is 0 Å². The minimum Gasteiger partial charge on any atom is -0.265 e. The standard InChI is InChI=1S/C24H14N10O2/c35-23(33-19-11-3-1-7-15(19)27-31-33)17-9-5-13-21(25-17)29-30-22-14-6-10-18(26-22)24(36)34-20-12-4-2-8-16(20)28-32-34/h1-14H/b30-29+. The molecule has 0 aliphatic carbocycles. The van der Waals surface area contributed by atoms with Crippen LogP contribution in [0.15, 0.2) is 95.2 Å². The first kappa shape index (κ1) is 21.0. The summed E-state index contributed by atoms with van der Waals surface area (Å²) in [7, 11) is 0. The van der Waals surface area contributed by atoms with Gasteiger partial charge < -0.3 is 0 Å². The predicted octanol–water partition coefficient (Wildman–Crippen LogP) is 3.76. The molecule has 0 bridgehead atoms. The monoisotopic (exact) mass is 474 g/mol. The highest BCUT2D eigenvalue weighted by molar-refractivity contribution is 5.99. The summed E-state index contributed by atoms with van der Waals surface area (Å²) >= 11 is 0. The molecule has 36 heavy (non-hydrogen) atoms. The van der Waals surface area contributed by atoms with Gasteiger partial charge in [-0.1, -0.05) is 46.8 Å². The van der Waals surface area contributed by atoms with Crippen LogP contribution < -0.4 is 0 Å². The Kier molecular flexibility index (Phi) is 5.07. The molecule has 2 aromatic carbocycles. The number of hydrogen-bond acceptors (Lipinski definition) is 10. The number of nitrogens with zero attached hydrogens (tertiary/aromatic N) is 10. The van der Waals surface area contributed by atoms with E-state index in [4.69, 9.17) is 0 Å². The molecule has 0 N–H and O–H groups in total. The van der Waals surface area contributed by atoms with Crippen molar-refractivity contribution in [2.75, 3.05) is 0 Å². The lowest BCUT2D eigenvalue weighted by molar-refractivity contribution is 0.0935. The van der Waals surface area contributed by atoms with E-state index in [1.54, 1.807) is 72.8 Å². The minimum absolute atomic E-state index is 0.122. The summed E-state index contributed by atoms with van der Waals surface area (Å²) in [6, 6.07) is 23.8. The van der Waals surface area contributed by atoms with Gasteiger partial charge in [0.15, 0.2) is 11.6 Å². The van der Waals surface area contributed by atoms with Crippen LogP contribution in [0.1, 0.15) is 21.0 Å². The lowest BCUT2D eigenvalue weighted by Crippen LogP contribution is -2.15. The molecule has 0 atom stereocenters. The van der Waals surface area contributed by atoms with Gasteiger partial charge in [-0.25, -0.2) is 9.97 Å². The number of azo groups is 1. The zero-order chi connectivity index (χ0) is 24.5. The van der Waals surface area contributed by atoms with E-state index in [0.717, 1.165) is 0 Å². The molecule has 0 amide bonds. The summed E-state index contributed by atoms with van der Waals surface area (Å²) in [5.41, 5.74) is 2.58. The Morgan fingerprint density at radius 2 is 1.00 bits per heavy atom. The number of fused-ring (bicyclic) bond motifs is 2. The van der Waals surface area contributed by atoms with Gasteiger partial charge in [0, 0.05) is 0 Å². The first-order valence-electron chi connectivity index (χ1n) is 10.7. The van der Waals surface area contributed by atoms with Crippen molar-refractivity contribution >= 4 is 45.5 Å². The first-order chi connectivity index (χ1) is 17.7. The van der Waals surface area contributed by atoms with E-state index in [1.807, 2.05) is 12.1 Å². The first-order valence-corrected chi connectivity index (χ1v) is 10.7. The Morgan fingerprint density at radius 1 is 0.556 bits per heavy atom. The fourth-order valence-electron chi connectivity index (χ4n) is 3.55. The van der Waals surface area contributed by atoms with Crippen molar-refractivity contribution in [2.24, 2.45) is 10.2 Å². The molecule has 4 aromatic heterocycles. The van der Waals surface area contributed by atoms with E-state index in [-0.39, 0.29) is 23.0 Å². The van der Waals surface area contributed by atoms with Crippen LogP contribution in [0.2, 0.25) is 0 Å². The molecule has 6 rings (SSSR count). The smallest absolute Gasteiger partial charge is 0.265 e. The summed E-state index contributed by atoms with van der Waals surface area (Å²) in [4.78, 5) is 34.4. The number of aromatic nitrogens is 8. The van der Waals surface area contributed by atoms with Gasteiger partial charge in [0.1, 0.15) is 22.4 Å². The van der Waals surface area contributed by atoms with Gasteiger partial charge in [0.25, 0.3) is 11.8 Å². The Hall–Kier alpha value is -5.52. The number of hydrogen-bond donors (Lipinski definition) is 0. The van der Waals surface area contributed by atoms with Gasteiger partial charge >= 0.3 is 0 Å². The quantitative estimate of drug-likeness (QED) is 0.351. The molecule has 0 radical (unpaired) electrons. The highest BCUT2D eigenvalue weighted by Gasteiger charge is 2.17. The average Bonchev–Trinajstić information content (AvgIpc) is 3.56. The number of pyridine rings is 2. The summed E-state index contributed by atoms with van der Waals surface area (Å²) in [5, 5.41) is 24.0. The largest absolute Gasteiger partial charge is 0.298 e. The van der Waals surface area contributed by atoms with Gasteiger partial charge in [0.2, 0.25) is 0 Å². The molecule has 0 spiro atoms. The summed E-state index contributed by atoms with van der Waals surface area (Å²) in [6.07, 6.45) is 0. The zero-order valence-corrected chi connectivity index (χ0v) is 18.4. The van der Waals surface area contributed by atoms with Crippen LogP contribution in [0.5, 0.6) is 0 Å². The SMILES string of the molecule is O=C(c1cccc(/N=N/c2cccc(C(=O)n3nnc4ccccc43)n2)n1)n1nnc2ccccc21. The van der Waals surface area contributed by atoms with Gasteiger partial charge in [-0.15, -0.1) is 20.4 Å². The van der Waals surface area contributed by atoms with E-state index >= 15 is 0 Å². The number of carbonyl (C=O) groups is 2. The molecule has 172 valence electrons. The van der Waals surface area contributed by atoms with Crippen molar-refractivity contribution < 1.29 is 9.59 Å². The minimum atomic E-state index is -0.452. The Labute approximate surface area is 201 Å². The fourth-order valence-corrected chi connectivity index (χ4v) is 3.55. The molecule has 0 saturated carbocycles. The Bertz CT molecular complexity index is 1670. The molecule has 12 nitrogen and oxygen atoms in total. The maximum atomic E-state index is 12.9. The molecule has 0 aliphatic rings. The summed E-state index contributed by atoms with van der Waals surface area (Å²) < 4.78 is 2.37. The van der Waals surface area contributed by atoms with Crippen LogP contribution in [0.4, 0.5) is 11.6 Å². The molecule has 4 heterocycles. The predicted molar refractivity (Wildman–Crippen MR) is 127 cm³/mol. The van der Waals surface area contributed by atoms with E-state index in [1.165, 1.54) is 9.36 Å². The van der Waals surface area contributed by atoms with Gasteiger partial charge in [-0.05, 0) is 48.5 Å². The van der Waals surface area contributed by atoms with Gasteiger partial charge in [-0.3, -0.25) is 9.59 Å². The normalized spacial score (nSPS) is 11.4. The lowest BCUT2D eigenvalue weighted by Gasteiger charge is -2.02. The highest BCUT2D eigenvalue weighted by Crippen LogP contribution is 2.18. The second kappa shape index (κ2) is 8.68. The third kappa shape index (κ3) is 3.77. The van der Waals surface area contributed by atoms with Crippen LogP contribution in [-0.2, 0) is 0 Å². The second-order valence-corrected chi connectivity index (χ2v) is 7.55. The molecule has 12 heteroatoms. The summed E-state index contributed by atoms with van der Waals surface area (Å²) in [6.45, 7) is 0. The highest BCUT2D eigenvalue weighted by atomic mass is 16.2. The lowest BCUT2D eigenvalue weighted by atomic mass is 10.3. The van der Waals surface area contributed by atoms with Gasteiger partial charge in [0.05, 0.1) is 11.0 Å². The van der Waals surface area contributed by atoms with Crippen molar-refractivity contribution in [3.8, 4) is 0 Å². The molecular weight excluding hydrogens is 460 g/mol. The Balaban J connectivity index is 1.25. The van der Waals surface area contributed by atoms with Crippen molar-refractivity contribution in [1.29, 1.82) is 0 Å². The molecule has 0 aliphatic heterocycles. The molecule has 0 unspecified atom stereocenters. The topological polar surface area (TPSA) is 146 Å². The van der Waals surface area contributed by atoms with E-state index in [9.17, 15) is 9.59 Å². The number of carbonyl (C=O) groups excluding carboxylic acids is 2. The van der Waals surface area contributed by atoms with E-state index < -0.39 is 11.8 Å². The maximum Gasteiger partial charge on any atom is 0.298 e.